The lowest BCUT2D eigenvalue weighted by Gasteiger charge is -2.17. The normalized spacial score (nSPS) is 10.5. The summed E-state index contributed by atoms with van der Waals surface area (Å²) < 4.78 is 0. The number of thiazole rings is 1. The molecule has 0 saturated heterocycles. The number of rotatable bonds is 7. The Bertz CT molecular complexity index is 920. The lowest BCUT2D eigenvalue weighted by molar-refractivity contribution is 0.252. The standard InChI is InChI=1S/C22H26N4OS/c1-4-26(3)20-7-5-6-18(14-20)25-22(27)23-13-12-19-15-28-21(24-19)17-10-8-16(2)9-11-17/h5-11,14-15H,4,12-13H2,1-3H3,(H2,23,25,27). The first kappa shape index (κ1) is 19.9. The van der Waals surface area contributed by atoms with Gasteiger partial charge in [0.05, 0.1) is 5.69 Å². The van der Waals surface area contributed by atoms with Crippen LogP contribution in [0.4, 0.5) is 16.2 Å². The summed E-state index contributed by atoms with van der Waals surface area (Å²) in [5.41, 5.74) is 5.22. The highest BCUT2D eigenvalue weighted by Gasteiger charge is 2.07. The lowest BCUT2D eigenvalue weighted by atomic mass is 10.2. The Morgan fingerprint density at radius 1 is 1.18 bits per heavy atom. The Morgan fingerprint density at radius 2 is 1.96 bits per heavy atom. The van der Waals surface area contributed by atoms with Gasteiger partial charge in [-0.3, -0.25) is 0 Å². The van der Waals surface area contributed by atoms with Gasteiger partial charge < -0.3 is 15.5 Å². The van der Waals surface area contributed by atoms with Crippen molar-refractivity contribution in [2.45, 2.75) is 20.3 Å². The summed E-state index contributed by atoms with van der Waals surface area (Å²) in [6.07, 6.45) is 0.703. The van der Waals surface area contributed by atoms with Gasteiger partial charge in [-0.15, -0.1) is 11.3 Å². The van der Waals surface area contributed by atoms with Crippen molar-refractivity contribution in [3.05, 3.63) is 65.2 Å². The molecule has 5 nitrogen and oxygen atoms in total. The molecule has 3 aromatic rings. The van der Waals surface area contributed by atoms with Crippen molar-refractivity contribution >= 4 is 28.7 Å². The zero-order valence-electron chi connectivity index (χ0n) is 16.5. The summed E-state index contributed by atoms with van der Waals surface area (Å²) >= 11 is 1.63. The van der Waals surface area contributed by atoms with Crippen LogP contribution in [0.5, 0.6) is 0 Å². The first-order chi connectivity index (χ1) is 13.5. The van der Waals surface area contributed by atoms with Gasteiger partial charge in [0.25, 0.3) is 0 Å². The summed E-state index contributed by atoms with van der Waals surface area (Å²) in [6.45, 7) is 5.62. The number of aromatic nitrogens is 1. The van der Waals surface area contributed by atoms with Crippen LogP contribution in [0, 0.1) is 6.92 Å². The van der Waals surface area contributed by atoms with E-state index in [-0.39, 0.29) is 6.03 Å². The van der Waals surface area contributed by atoms with E-state index in [1.165, 1.54) is 5.56 Å². The van der Waals surface area contributed by atoms with Crippen LogP contribution in [0.3, 0.4) is 0 Å². The van der Waals surface area contributed by atoms with E-state index < -0.39 is 0 Å². The van der Waals surface area contributed by atoms with Crippen molar-refractivity contribution in [3.63, 3.8) is 0 Å². The monoisotopic (exact) mass is 394 g/mol. The molecule has 0 unspecified atom stereocenters. The average Bonchev–Trinajstić information content (AvgIpc) is 3.17. The van der Waals surface area contributed by atoms with E-state index in [1.807, 2.05) is 31.3 Å². The number of anilines is 2. The molecule has 6 heteroatoms. The molecule has 0 atom stereocenters. The fraction of sp³-hybridized carbons (Fsp3) is 0.273. The minimum Gasteiger partial charge on any atom is -0.375 e. The minimum absolute atomic E-state index is 0.203. The number of nitrogens with zero attached hydrogens (tertiary/aromatic N) is 2. The third-order valence-corrected chi connectivity index (χ3v) is 5.48. The van der Waals surface area contributed by atoms with Crippen LogP contribution in [0.2, 0.25) is 0 Å². The molecule has 146 valence electrons. The molecule has 0 aliphatic rings. The van der Waals surface area contributed by atoms with Crippen LogP contribution >= 0.6 is 11.3 Å². The zero-order valence-corrected chi connectivity index (χ0v) is 17.3. The number of carbonyl (C=O) groups excluding carboxylic acids is 1. The first-order valence-electron chi connectivity index (χ1n) is 9.42. The molecule has 0 spiro atoms. The second kappa shape index (κ2) is 9.37. The van der Waals surface area contributed by atoms with E-state index in [4.69, 9.17) is 0 Å². The Morgan fingerprint density at radius 3 is 2.71 bits per heavy atom. The van der Waals surface area contributed by atoms with Crippen molar-refractivity contribution < 1.29 is 4.79 Å². The highest BCUT2D eigenvalue weighted by molar-refractivity contribution is 7.13. The predicted molar refractivity (Wildman–Crippen MR) is 118 cm³/mol. The van der Waals surface area contributed by atoms with Gasteiger partial charge in [-0.05, 0) is 32.0 Å². The van der Waals surface area contributed by atoms with Gasteiger partial charge >= 0.3 is 6.03 Å². The average molecular weight is 395 g/mol. The summed E-state index contributed by atoms with van der Waals surface area (Å²) in [7, 11) is 2.03. The van der Waals surface area contributed by atoms with E-state index in [2.05, 4.69) is 64.0 Å². The number of benzene rings is 2. The molecule has 1 heterocycles. The summed E-state index contributed by atoms with van der Waals surface area (Å²) in [6, 6.07) is 16.0. The highest BCUT2D eigenvalue weighted by Crippen LogP contribution is 2.24. The fourth-order valence-corrected chi connectivity index (χ4v) is 3.59. The van der Waals surface area contributed by atoms with Crippen LogP contribution < -0.4 is 15.5 Å². The third-order valence-electron chi connectivity index (χ3n) is 4.54. The molecule has 28 heavy (non-hydrogen) atoms. The molecule has 2 aromatic carbocycles. The van der Waals surface area contributed by atoms with Crippen molar-refractivity contribution in [3.8, 4) is 10.6 Å². The molecule has 1 aromatic heterocycles. The molecule has 2 N–H and O–H groups in total. The number of carbonyl (C=O) groups is 1. The fourth-order valence-electron chi connectivity index (χ4n) is 2.73. The molecule has 0 radical (unpaired) electrons. The molecule has 0 saturated carbocycles. The minimum atomic E-state index is -0.203. The maximum atomic E-state index is 12.2. The number of amides is 2. The van der Waals surface area contributed by atoms with Crippen LogP contribution in [-0.4, -0.2) is 31.2 Å². The number of urea groups is 1. The Labute approximate surface area is 170 Å². The van der Waals surface area contributed by atoms with Gasteiger partial charge in [-0.1, -0.05) is 35.9 Å². The first-order valence-corrected chi connectivity index (χ1v) is 10.3. The van der Waals surface area contributed by atoms with Gasteiger partial charge in [0.2, 0.25) is 0 Å². The highest BCUT2D eigenvalue weighted by atomic mass is 32.1. The third kappa shape index (κ3) is 5.33. The quantitative estimate of drug-likeness (QED) is 0.597. The van der Waals surface area contributed by atoms with Crippen molar-refractivity contribution in [2.24, 2.45) is 0 Å². The SMILES string of the molecule is CCN(C)c1cccc(NC(=O)NCCc2csc(-c3ccc(C)cc3)n2)c1. The smallest absolute Gasteiger partial charge is 0.319 e. The molecular formula is C22H26N4OS. The van der Waals surface area contributed by atoms with Crippen LogP contribution in [0.25, 0.3) is 10.6 Å². The predicted octanol–water partition coefficient (Wildman–Crippen LogP) is 4.94. The zero-order chi connectivity index (χ0) is 19.9. The van der Waals surface area contributed by atoms with Crippen LogP contribution in [0.15, 0.2) is 53.9 Å². The van der Waals surface area contributed by atoms with Crippen molar-refractivity contribution in [1.82, 2.24) is 10.3 Å². The number of nitrogens with one attached hydrogen (secondary N) is 2. The van der Waals surface area contributed by atoms with Crippen molar-refractivity contribution in [1.29, 1.82) is 0 Å². The number of hydrogen-bond donors (Lipinski definition) is 2. The Balaban J connectivity index is 1.49. The van der Waals surface area contributed by atoms with Gasteiger partial charge in [0.1, 0.15) is 5.01 Å². The van der Waals surface area contributed by atoms with E-state index in [9.17, 15) is 4.79 Å². The number of aryl methyl sites for hydroxylation is 1. The number of hydrogen-bond acceptors (Lipinski definition) is 4. The van der Waals surface area contributed by atoms with E-state index in [1.54, 1.807) is 11.3 Å². The lowest BCUT2D eigenvalue weighted by Crippen LogP contribution is -2.30. The van der Waals surface area contributed by atoms with E-state index in [0.717, 1.165) is 34.2 Å². The summed E-state index contributed by atoms with van der Waals surface area (Å²) in [4.78, 5) is 19.0. The van der Waals surface area contributed by atoms with Gasteiger partial charge in [0.15, 0.2) is 0 Å². The van der Waals surface area contributed by atoms with Gasteiger partial charge in [-0.25, -0.2) is 9.78 Å². The topological polar surface area (TPSA) is 57.3 Å². The molecule has 0 aliphatic carbocycles. The molecule has 3 rings (SSSR count). The Hall–Kier alpha value is -2.86. The van der Waals surface area contributed by atoms with Crippen LogP contribution in [0.1, 0.15) is 18.2 Å². The summed E-state index contributed by atoms with van der Waals surface area (Å²) in [5, 5.41) is 8.85. The molecule has 2 amide bonds. The van der Waals surface area contributed by atoms with Crippen molar-refractivity contribution in [2.75, 3.05) is 30.4 Å². The molecule has 0 fully saturated rings. The van der Waals surface area contributed by atoms with E-state index >= 15 is 0 Å². The second-order valence-electron chi connectivity index (χ2n) is 6.71. The van der Waals surface area contributed by atoms with E-state index in [0.29, 0.717) is 13.0 Å². The molecule has 0 bridgehead atoms. The van der Waals surface area contributed by atoms with Gasteiger partial charge in [-0.2, -0.15) is 0 Å². The molecule has 0 aliphatic heterocycles. The second-order valence-corrected chi connectivity index (χ2v) is 7.56. The summed E-state index contributed by atoms with van der Waals surface area (Å²) in [5.74, 6) is 0. The Kier molecular flexibility index (Phi) is 6.66. The van der Waals surface area contributed by atoms with Gasteiger partial charge in [0, 0.05) is 48.9 Å². The largest absolute Gasteiger partial charge is 0.375 e. The molecular weight excluding hydrogens is 368 g/mol. The maximum Gasteiger partial charge on any atom is 0.319 e. The maximum absolute atomic E-state index is 12.2. The van der Waals surface area contributed by atoms with Crippen LogP contribution in [-0.2, 0) is 6.42 Å².